The summed E-state index contributed by atoms with van der Waals surface area (Å²) in [6, 6.07) is 7.84. The van der Waals surface area contributed by atoms with Crippen LogP contribution >= 0.6 is 11.6 Å². The highest BCUT2D eigenvalue weighted by atomic mass is 35.5. The molecule has 21 heavy (non-hydrogen) atoms. The Hall–Kier alpha value is -1.99. The number of ether oxygens (including phenoxy) is 2. The van der Waals surface area contributed by atoms with E-state index in [2.05, 4.69) is 4.72 Å². The predicted octanol–water partition coefficient (Wildman–Crippen LogP) is 3.01. The monoisotopic (exact) mass is 329 g/mol. The molecule has 3 rings (SSSR count). The molecule has 0 unspecified atom stereocenters. The van der Waals surface area contributed by atoms with Crippen LogP contribution in [0, 0.1) is 5.82 Å². The van der Waals surface area contributed by atoms with Crippen LogP contribution in [0.3, 0.4) is 0 Å². The normalized spacial score (nSPS) is 13.2. The van der Waals surface area contributed by atoms with Crippen molar-refractivity contribution in [2.24, 2.45) is 0 Å². The summed E-state index contributed by atoms with van der Waals surface area (Å²) in [6.45, 7) is 0.0778. The van der Waals surface area contributed by atoms with Gasteiger partial charge in [-0.1, -0.05) is 11.6 Å². The van der Waals surface area contributed by atoms with Crippen molar-refractivity contribution >= 4 is 27.3 Å². The zero-order valence-electron chi connectivity index (χ0n) is 10.5. The molecule has 110 valence electrons. The van der Waals surface area contributed by atoms with Gasteiger partial charge in [0.1, 0.15) is 10.7 Å². The van der Waals surface area contributed by atoms with E-state index in [0.717, 1.165) is 12.1 Å². The summed E-state index contributed by atoms with van der Waals surface area (Å²) < 4.78 is 50.6. The van der Waals surface area contributed by atoms with Crippen molar-refractivity contribution in [3.05, 3.63) is 47.2 Å². The summed E-state index contributed by atoms with van der Waals surface area (Å²) >= 11 is 5.71. The van der Waals surface area contributed by atoms with Crippen LogP contribution in [0.4, 0.5) is 10.1 Å². The third-order valence-corrected chi connectivity index (χ3v) is 4.44. The molecule has 0 spiro atoms. The molecule has 2 aromatic carbocycles. The summed E-state index contributed by atoms with van der Waals surface area (Å²) in [5.41, 5.74) is 0.235. The second-order valence-corrected chi connectivity index (χ2v) is 6.34. The second-order valence-electron chi connectivity index (χ2n) is 4.25. The van der Waals surface area contributed by atoms with Crippen molar-refractivity contribution < 1.29 is 22.3 Å². The van der Waals surface area contributed by atoms with E-state index >= 15 is 0 Å². The molecule has 0 amide bonds. The number of fused-ring (bicyclic) bond motifs is 1. The lowest BCUT2D eigenvalue weighted by atomic mass is 10.3. The molecule has 1 aliphatic rings. The summed E-state index contributed by atoms with van der Waals surface area (Å²) in [5, 5.41) is 0.127. The van der Waals surface area contributed by atoms with Crippen molar-refractivity contribution in [1.82, 2.24) is 0 Å². The van der Waals surface area contributed by atoms with Crippen LogP contribution in [0.25, 0.3) is 0 Å². The van der Waals surface area contributed by atoms with Gasteiger partial charge in [-0.25, -0.2) is 12.8 Å². The number of hydrogen-bond acceptors (Lipinski definition) is 4. The van der Waals surface area contributed by atoms with Crippen LogP contribution < -0.4 is 14.2 Å². The summed E-state index contributed by atoms with van der Waals surface area (Å²) in [4.78, 5) is -0.521. The van der Waals surface area contributed by atoms with E-state index in [9.17, 15) is 12.8 Å². The molecule has 1 heterocycles. The maximum atomic E-state index is 13.7. The number of hydrogen-bond donors (Lipinski definition) is 1. The molecule has 0 atom stereocenters. The molecule has 0 saturated heterocycles. The number of rotatable bonds is 3. The standard InChI is InChI=1S/C13H9ClFNO4S/c14-8-1-3-10(15)13(5-8)21(17,18)16-9-2-4-11-12(6-9)20-7-19-11/h1-6,16H,7H2. The third-order valence-electron chi connectivity index (χ3n) is 2.81. The number of sulfonamides is 1. The maximum Gasteiger partial charge on any atom is 0.264 e. The molecular formula is C13H9ClFNO4S. The fraction of sp³-hybridized carbons (Fsp3) is 0.0769. The van der Waals surface area contributed by atoms with Crippen LogP contribution in [-0.2, 0) is 10.0 Å². The largest absolute Gasteiger partial charge is 0.454 e. The molecular weight excluding hydrogens is 321 g/mol. The SMILES string of the molecule is O=S(=O)(Nc1ccc2c(c1)OCO2)c1cc(Cl)ccc1F. The Kier molecular flexibility index (Phi) is 3.38. The van der Waals surface area contributed by atoms with Crippen molar-refractivity contribution in [2.45, 2.75) is 4.90 Å². The minimum Gasteiger partial charge on any atom is -0.454 e. The zero-order valence-corrected chi connectivity index (χ0v) is 12.0. The number of halogens is 2. The molecule has 0 saturated carbocycles. The second kappa shape index (κ2) is 5.09. The fourth-order valence-electron chi connectivity index (χ4n) is 1.85. The lowest BCUT2D eigenvalue weighted by Gasteiger charge is -2.09. The molecule has 0 radical (unpaired) electrons. The van der Waals surface area contributed by atoms with Crippen LogP contribution in [0.2, 0.25) is 5.02 Å². The van der Waals surface area contributed by atoms with Crippen molar-refractivity contribution in [1.29, 1.82) is 0 Å². The average molecular weight is 330 g/mol. The van der Waals surface area contributed by atoms with Gasteiger partial charge in [0.25, 0.3) is 10.0 Å². The number of nitrogens with one attached hydrogen (secondary N) is 1. The van der Waals surface area contributed by atoms with E-state index < -0.39 is 20.7 Å². The molecule has 0 aromatic heterocycles. The molecule has 0 aliphatic carbocycles. The van der Waals surface area contributed by atoms with Gasteiger partial charge >= 0.3 is 0 Å². The predicted molar refractivity (Wildman–Crippen MR) is 74.8 cm³/mol. The summed E-state index contributed by atoms with van der Waals surface area (Å²) in [6.07, 6.45) is 0. The van der Waals surface area contributed by atoms with Gasteiger partial charge in [0.15, 0.2) is 11.5 Å². The zero-order chi connectivity index (χ0) is 15.0. The van der Waals surface area contributed by atoms with Gasteiger partial charge < -0.3 is 9.47 Å². The molecule has 1 aliphatic heterocycles. The first-order chi connectivity index (χ1) is 9.95. The Labute approximate surface area is 125 Å². The van der Waals surface area contributed by atoms with Gasteiger partial charge in [0, 0.05) is 11.1 Å². The molecule has 0 fully saturated rings. The van der Waals surface area contributed by atoms with Gasteiger partial charge in [-0.2, -0.15) is 0 Å². The van der Waals surface area contributed by atoms with E-state index in [1.54, 1.807) is 6.07 Å². The van der Waals surface area contributed by atoms with Crippen LogP contribution in [0.5, 0.6) is 11.5 Å². The van der Waals surface area contributed by atoms with Gasteiger partial charge in [0.05, 0.1) is 5.69 Å². The number of benzene rings is 2. The quantitative estimate of drug-likeness (QED) is 0.940. The Morgan fingerprint density at radius 2 is 1.86 bits per heavy atom. The van der Waals surface area contributed by atoms with E-state index in [-0.39, 0.29) is 17.5 Å². The van der Waals surface area contributed by atoms with E-state index in [1.165, 1.54) is 18.2 Å². The van der Waals surface area contributed by atoms with Gasteiger partial charge in [-0.15, -0.1) is 0 Å². The molecule has 5 nitrogen and oxygen atoms in total. The van der Waals surface area contributed by atoms with Gasteiger partial charge in [0.2, 0.25) is 6.79 Å². The first-order valence-electron chi connectivity index (χ1n) is 5.83. The first kappa shape index (κ1) is 14.0. The molecule has 1 N–H and O–H groups in total. The number of anilines is 1. The first-order valence-corrected chi connectivity index (χ1v) is 7.69. The average Bonchev–Trinajstić information content (AvgIpc) is 2.88. The van der Waals surface area contributed by atoms with Crippen LogP contribution in [0.1, 0.15) is 0 Å². The van der Waals surface area contributed by atoms with Gasteiger partial charge in [-0.3, -0.25) is 4.72 Å². The Bertz CT molecular complexity index is 810. The fourth-order valence-corrected chi connectivity index (χ4v) is 3.24. The highest BCUT2D eigenvalue weighted by Gasteiger charge is 2.21. The van der Waals surface area contributed by atoms with E-state index in [1.807, 2.05) is 0 Å². The molecule has 2 aromatic rings. The molecule has 0 bridgehead atoms. The Morgan fingerprint density at radius 3 is 2.67 bits per heavy atom. The van der Waals surface area contributed by atoms with Crippen LogP contribution in [-0.4, -0.2) is 15.2 Å². The van der Waals surface area contributed by atoms with Crippen molar-refractivity contribution in [3.8, 4) is 11.5 Å². The van der Waals surface area contributed by atoms with Crippen molar-refractivity contribution in [3.63, 3.8) is 0 Å². The van der Waals surface area contributed by atoms with Crippen molar-refractivity contribution in [2.75, 3.05) is 11.5 Å². The van der Waals surface area contributed by atoms with Crippen LogP contribution in [0.15, 0.2) is 41.3 Å². The lowest BCUT2D eigenvalue weighted by Crippen LogP contribution is -2.14. The third kappa shape index (κ3) is 2.74. The topological polar surface area (TPSA) is 64.6 Å². The highest BCUT2D eigenvalue weighted by molar-refractivity contribution is 7.92. The maximum absolute atomic E-state index is 13.7. The minimum atomic E-state index is -4.09. The Morgan fingerprint density at radius 1 is 1.10 bits per heavy atom. The Balaban J connectivity index is 1.94. The van der Waals surface area contributed by atoms with E-state index in [0.29, 0.717) is 11.5 Å². The smallest absolute Gasteiger partial charge is 0.264 e. The lowest BCUT2D eigenvalue weighted by molar-refractivity contribution is 0.174. The summed E-state index contributed by atoms with van der Waals surface area (Å²) in [7, 11) is -4.09. The van der Waals surface area contributed by atoms with Gasteiger partial charge in [-0.05, 0) is 30.3 Å². The van der Waals surface area contributed by atoms with E-state index in [4.69, 9.17) is 21.1 Å². The minimum absolute atomic E-state index is 0.0778. The molecule has 8 heteroatoms. The highest BCUT2D eigenvalue weighted by Crippen LogP contribution is 2.35. The summed E-state index contributed by atoms with van der Waals surface area (Å²) in [5.74, 6) is 0.0568.